The van der Waals surface area contributed by atoms with E-state index >= 15 is 0 Å². The lowest BCUT2D eigenvalue weighted by molar-refractivity contribution is 0.0580. The molecule has 0 saturated heterocycles. The van der Waals surface area contributed by atoms with Crippen LogP contribution in [-0.2, 0) is 9.47 Å². The Balaban J connectivity index is 1.65. The van der Waals surface area contributed by atoms with Gasteiger partial charge in [0.05, 0.1) is 14.2 Å². The summed E-state index contributed by atoms with van der Waals surface area (Å²) < 4.78 is 19.9. The monoisotopic (exact) mass is 404 g/mol. The highest BCUT2D eigenvalue weighted by atomic mass is 16.5. The minimum atomic E-state index is -0.563. The van der Waals surface area contributed by atoms with Crippen molar-refractivity contribution in [3.05, 3.63) is 72.1 Å². The molecular formula is C22H16N2O6. The molecule has 2 heterocycles. The van der Waals surface area contributed by atoms with Crippen LogP contribution in [0.5, 0.6) is 0 Å². The van der Waals surface area contributed by atoms with Gasteiger partial charge in [-0.25, -0.2) is 9.59 Å². The number of rotatable bonds is 5. The van der Waals surface area contributed by atoms with Gasteiger partial charge in [0.2, 0.25) is 0 Å². The summed E-state index contributed by atoms with van der Waals surface area (Å²) in [5.41, 5.74) is 3.55. The summed E-state index contributed by atoms with van der Waals surface area (Å²) in [4.78, 5) is 23.2. The zero-order valence-electron chi connectivity index (χ0n) is 16.1. The number of methoxy groups -OCH3 is 2. The molecule has 0 spiro atoms. The van der Waals surface area contributed by atoms with Crippen molar-refractivity contribution in [3.63, 3.8) is 0 Å². The van der Waals surface area contributed by atoms with Crippen LogP contribution in [0.1, 0.15) is 21.0 Å². The van der Waals surface area contributed by atoms with E-state index in [1.54, 1.807) is 0 Å². The summed E-state index contributed by atoms with van der Waals surface area (Å²) in [6.07, 6.45) is 0. The molecule has 150 valence electrons. The molecule has 30 heavy (non-hydrogen) atoms. The van der Waals surface area contributed by atoms with E-state index in [-0.39, 0.29) is 11.4 Å². The van der Waals surface area contributed by atoms with Crippen molar-refractivity contribution >= 4 is 11.9 Å². The van der Waals surface area contributed by atoms with Crippen LogP contribution < -0.4 is 0 Å². The van der Waals surface area contributed by atoms with Crippen LogP contribution in [0.25, 0.3) is 33.8 Å². The van der Waals surface area contributed by atoms with Gasteiger partial charge in [-0.15, -0.1) is 0 Å². The largest absolute Gasteiger partial charge is 0.464 e. The number of benzene rings is 2. The number of aromatic nitrogens is 2. The highest BCUT2D eigenvalue weighted by Gasteiger charge is 2.16. The van der Waals surface area contributed by atoms with Crippen molar-refractivity contribution in [2.45, 2.75) is 0 Å². The summed E-state index contributed by atoms with van der Waals surface area (Å²) in [5, 5.41) is 7.47. The molecule has 4 aromatic rings. The van der Waals surface area contributed by atoms with Gasteiger partial charge in [0.25, 0.3) is 0 Å². The van der Waals surface area contributed by atoms with Crippen LogP contribution >= 0.6 is 0 Å². The zero-order valence-corrected chi connectivity index (χ0v) is 16.1. The lowest BCUT2D eigenvalue weighted by atomic mass is 9.99. The number of esters is 2. The summed E-state index contributed by atoms with van der Waals surface area (Å²) in [6.45, 7) is 0. The Morgan fingerprint density at radius 1 is 0.667 bits per heavy atom. The first-order valence-electron chi connectivity index (χ1n) is 8.90. The van der Waals surface area contributed by atoms with E-state index in [4.69, 9.17) is 9.05 Å². The van der Waals surface area contributed by atoms with Crippen LogP contribution in [0, 0.1) is 0 Å². The second-order valence-corrected chi connectivity index (χ2v) is 6.30. The molecule has 0 aliphatic rings. The molecule has 0 aliphatic carbocycles. The Bertz CT molecular complexity index is 1130. The maximum atomic E-state index is 11.6. The van der Waals surface area contributed by atoms with Crippen molar-refractivity contribution in [1.82, 2.24) is 10.3 Å². The Hall–Kier alpha value is -4.20. The predicted octanol–water partition coefficient (Wildman–Crippen LogP) is 4.24. The second-order valence-electron chi connectivity index (χ2n) is 6.30. The van der Waals surface area contributed by atoms with E-state index in [9.17, 15) is 9.59 Å². The van der Waals surface area contributed by atoms with Gasteiger partial charge in [-0.2, -0.15) is 0 Å². The van der Waals surface area contributed by atoms with Crippen LogP contribution in [0.15, 0.2) is 69.7 Å². The molecule has 0 N–H and O–H groups in total. The van der Waals surface area contributed by atoms with Gasteiger partial charge in [-0.1, -0.05) is 46.7 Å². The molecular weight excluding hydrogens is 388 g/mol. The van der Waals surface area contributed by atoms with E-state index in [1.807, 2.05) is 48.5 Å². The average molecular weight is 404 g/mol. The molecule has 0 saturated carbocycles. The summed E-state index contributed by atoms with van der Waals surface area (Å²) in [5.74, 6) is -0.225. The number of ether oxygens (including phenoxy) is 2. The molecule has 8 heteroatoms. The summed E-state index contributed by atoms with van der Waals surface area (Å²) >= 11 is 0. The maximum absolute atomic E-state index is 11.6. The Labute approximate surface area is 171 Å². The quantitative estimate of drug-likeness (QED) is 0.455. The van der Waals surface area contributed by atoms with Crippen LogP contribution in [0.4, 0.5) is 0 Å². The van der Waals surface area contributed by atoms with Crippen LogP contribution in [-0.4, -0.2) is 36.5 Å². The smallest absolute Gasteiger partial charge is 0.360 e. The third kappa shape index (κ3) is 3.70. The minimum Gasteiger partial charge on any atom is -0.464 e. The van der Waals surface area contributed by atoms with Crippen molar-refractivity contribution in [2.75, 3.05) is 14.2 Å². The Morgan fingerprint density at radius 2 is 1.07 bits per heavy atom. The third-order valence-electron chi connectivity index (χ3n) is 4.44. The first-order chi connectivity index (χ1) is 14.6. The lowest BCUT2D eigenvalue weighted by Gasteiger charge is -2.05. The average Bonchev–Trinajstić information content (AvgIpc) is 3.48. The summed E-state index contributed by atoms with van der Waals surface area (Å²) in [7, 11) is 2.57. The van der Waals surface area contributed by atoms with Crippen molar-refractivity contribution in [1.29, 1.82) is 0 Å². The van der Waals surface area contributed by atoms with Crippen molar-refractivity contribution in [2.24, 2.45) is 0 Å². The lowest BCUT2D eigenvalue weighted by Crippen LogP contribution is -2.00. The van der Waals surface area contributed by atoms with Gasteiger partial charge in [0, 0.05) is 23.3 Å². The van der Waals surface area contributed by atoms with Gasteiger partial charge in [-0.3, -0.25) is 0 Å². The SMILES string of the molecule is COC(=O)c1cc(-c2cccc(-c3cccc(-c4cc(C(=O)OC)no4)c3)c2)on1. The van der Waals surface area contributed by atoms with Crippen LogP contribution in [0.2, 0.25) is 0 Å². The first kappa shape index (κ1) is 19.1. The van der Waals surface area contributed by atoms with E-state index in [2.05, 4.69) is 19.8 Å². The number of hydrogen-bond acceptors (Lipinski definition) is 8. The normalized spacial score (nSPS) is 10.6. The number of carbonyl (C=O) groups is 2. The van der Waals surface area contributed by atoms with Crippen molar-refractivity contribution in [3.8, 4) is 33.8 Å². The zero-order chi connectivity index (χ0) is 21.1. The highest BCUT2D eigenvalue weighted by Crippen LogP contribution is 2.30. The summed E-state index contributed by atoms with van der Waals surface area (Å²) in [6, 6.07) is 18.3. The van der Waals surface area contributed by atoms with Gasteiger partial charge >= 0.3 is 11.9 Å². The molecule has 2 aromatic carbocycles. The molecule has 0 fully saturated rings. The van der Waals surface area contributed by atoms with E-state index in [1.165, 1.54) is 26.4 Å². The molecule has 0 radical (unpaired) electrons. The molecule has 0 unspecified atom stereocenters. The topological polar surface area (TPSA) is 105 Å². The van der Waals surface area contributed by atoms with E-state index in [0.29, 0.717) is 11.5 Å². The van der Waals surface area contributed by atoms with E-state index in [0.717, 1.165) is 22.3 Å². The van der Waals surface area contributed by atoms with Gasteiger partial charge in [0.15, 0.2) is 22.9 Å². The minimum absolute atomic E-state index is 0.103. The van der Waals surface area contributed by atoms with Crippen LogP contribution in [0.3, 0.4) is 0 Å². The molecule has 0 atom stereocenters. The molecule has 0 aliphatic heterocycles. The number of carbonyl (C=O) groups excluding carboxylic acids is 2. The van der Waals surface area contributed by atoms with Gasteiger partial charge in [0.1, 0.15) is 0 Å². The second kappa shape index (κ2) is 8.04. The molecule has 0 bridgehead atoms. The number of nitrogens with zero attached hydrogens (tertiary/aromatic N) is 2. The fourth-order valence-electron chi connectivity index (χ4n) is 2.93. The van der Waals surface area contributed by atoms with E-state index < -0.39 is 11.9 Å². The maximum Gasteiger partial charge on any atom is 0.360 e. The fraction of sp³-hybridized carbons (Fsp3) is 0.0909. The molecule has 2 aromatic heterocycles. The predicted molar refractivity (Wildman–Crippen MR) is 106 cm³/mol. The van der Waals surface area contributed by atoms with Gasteiger partial charge < -0.3 is 18.5 Å². The van der Waals surface area contributed by atoms with Crippen molar-refractivity contribution < 1.29 is 28.1 Å². The first-order valence-corrected chi connectivity index (χ1v) is 8.90. The Morgan fingerprint density at radius 3 is 1.47 bits per heavy atom. The molecule has 4 rings (SSSR count). The fourth-order valence-corrected chi connectivity index (χ4v) is 2.93. The highest BCUT2D eigenvalue weighted by molar-refractivity contribution is 5.89. The Kier molecular flexibility index (Phi) is 5.13. The standard InChI is InChI=1S/C22H16N2O6/c1-27-21(25)17-11-19(29-23-17)15-7-3-5-13(9-15)14-6-4-8-16(10-14)20-12-18(24-30-20)22(26)28-2/h3-12H,1-2H3. The number of hydrogen-bond donors (Lipinski definition) is 0. The molecule has 0 amide bonds. The van der Waals surface area contributed by atoms with Gasteiger partial charge in [-0.05, 0) is 23.3 Å². The molecule has 8 nitrogen and oxygen atoms in total. The third-order valence-corrected chi connectivity index (χ3v) is 4.44.